The van der Waals surface area contributed by atoms with Gasteiger partial charge in [-0.15, -0.1) is 0 Å². The van der Waals surface area contributed by atoms with E-state index in [9.17, 15) is 22.8 Å². The third-order valence-electron chi connectivity index (χ3n) is 7.22. The third-order valence-corrected chi connectivity index (χ3v) is 7.57. The molecule has 3 N–H and O–H groups in total. The molecule has 1 aromatic heterocycles. The van der Waals surface area contributed by atoms with Crippen LogP contribution in [0, 0.1) is 5.92 Å². The molecule has 2 amide bonds. The van der Waals surface area contributed by atoms with E-state index in [0.29, 0.717) is 28.3 Å². The molecule has 5 rings (SSSR count). The Bertz CT molecular complexity index is 1710. The van der Waals surface area contributed by atoms with Crippen molar-refractivity contribution >= 4 is 29.3 Å². The van der Waals surface area contributed by atoms with Gasteiger partial charge >= 0.3 is 12.3 Å². The second-order valence-corrected chi connectivity index (χ2v) is 12.6. The molecule has 4 aromatic rings. The van der Waals surface area contributed by atoms with Crippen molar-refractivity contribution in [3.05, 3.63) is 112 Å². The van der Waals surface area contributed by atoms with Crippen LogP contribution >= 0.6 is 11.6 Å². The lowest BCUT2D eigenvalue weighted by Crippen LogP contribution is -2.32. The van der Waals surface area contributed by atoms with Gasteiger partial charge in [-0.2, -0.15) is 18.3 Å². The Morgan fingerprint density at radius 3 is 2.43 bits per heavy atom. The molecule has 1 atom stereocenters. The second kappa shape index (κ2) is 13.6. The van der Waals surface area contributed by atoms with Crippen LogP contribution in [0.25, 0.3) is 5.69 Å². The zero-order valence-corrected chi connectivity index (χ0v) is 26.4. The molecule has 8 nitrogen and oxygen atoms in total. The maximum Gasteiger partial charge on any atom is 0.435 e. The van der Waals surface area contributed by atoms with Crippen molar-refractivity contribution in [3.8, 4) is 5.69 Å². The summed E-state index contributed by atoms with van der Waals surface area (Å²) < 4.78 is 47.6. The van der Waals surface area contributed by atoms with E-state index in [4.69, 9.17) is 16.3 Å². The lowest BCUT2D eigenvalue weighted by atomic mass is 9.97. The normalized spacial score (nSPS) is 14.1. The van der Waals surface area contributed by atoms with E-state index < -0.39 is 29.5 Å². The fourth-order valence-electron chi connectivity index (χ4n) is 4.88. The SMILES string of the molecule is CC(C)(C)OC(=O)NCc1cccc(-n2nc(C(F)(F)F)cc2C(=O)Nc2cccc(C(NCC3CC3)c3ccccc3Cl)c2)c1. The summed E-state index contributed by atoms with van der Waals surface area (Å²) >= 11 is 6.55. The lowest BCUT2D eigenvalue weighted by molar-refractivity contribution is -0.141. The molecule has 46 heavy (non-hydrogen) atoms. The molecule has 12 heteroatoms. The standard InChI is InChI=1S/C34H35ClF3N5O3/c1-33(2,3)46-32(45)40-20-22-8-6-11-25(16-22)43-28(18-29(42-43)34(36,37)38)31(44)41-24-10-7-9-23(17-24)30(39-19-21-14-15-21)26-12-4-5-13-27(26)35/h4-13,16-18,21,30,39H,14-15,19-20H2,1-3H3,(H,40,45)(H,41,44). The third kappa shape index (κ3) is 8.67. The van der Waals surface area contributed by atoms with Gasteiger partial charge in [0, 0.05) is 23.3 Å². The molecule has 1 heterocycles. The number of carbonyl (C=O) groups excluding carboxylic acids is 2. The molecule has 1 fully saturated rings. The zero-order valence-electron chi connectivity index (χ0n) is 25.6. The van der Waals surface area contributed by atoms with Gasteiger partial charge < -0.3 is 20.7 Å². The number of hydrogen-bond donors (Lipinski definition) is 3. The minimum atomic E-state index is -4.79. The Balaban J connectivity index is 1.40. The van der Waals surface area contributed by atoms with Crippen molar-refractivity contribution in [2.75, 3.05) is 11.9 Å². The molecule has 0 aliphatic heterocycles. The van der Waals surface area contributed by atoms with E-state index in [2.05, 4.69) is 21.0 Å². The number of hydrogen-bond acceptors (Lipinski definition) is 5. The summed E-state index contributed by atoms with van der Waals surface area (Å²) in [4.78, 5) is 25.7. The van der Waals surface area contributed by atoms with Crippen molar-refractivity contribution in [2.45, 2.75) is 58.0 Å². The summed E-state index contributed by atoms with van der Waals surface area (Å²) in [7, 11) is 0. The first-order valence-corrected chi connectivity index (χ1v) is 15.3. The highest BCUT2D eigenvalue weighted by Crippen LogP contribution is 2.34. The topological polar surface area (TPSA) is 97.3 Å². The van der Waals surface area contributed by atoms with Gasteiger partial charge in [-0.3, -0.25) is 4.79 Å². The lowest BCUT2D eigenvalue weighted by Gasteiger charge is -2.22. The monoisotopic (exact) mass is 653 g/mol. The van der Waals surface area contributed by atoms with E-state index in [1.807, 2.05) is 30.3 Å². The Kier molecular flexibility index (Phi) is 9.74. The van der Waals surface area contributed by atoms with Crippen molar-refractivity contribution in [1.29, 1.82) is 0 Å². The molecule has 0 radical (unpaired) electrons. The predicted molar refractivity (Wildman–Crippen MR) is 170 cm³/mol. The zero-order chi connectivity index (χ0) is 33.1. The smallest absolute Gasteiger partial charge is 0.435 e. The highest BCUT2D eigenvalue weighted by atomic mass is 35.5. The number of rotatable bonds is 10. The van der Waals surface area contributed by atoms with Gasteiger partial charge in [-0.05, 0) is 93.1 Å². The van der Waals surface area contributed by atoms with Crippen LogP contribution in [0.15, 0.2) is 78.9 Å². The Labute approximate surface area is 270 Å². The Morgan fingerprint density at radius 1 is 1.00 bits per heavy atom. The number of nitrogens with zero attached hydrogens (tertiary/aromatic N) is 2. The van der Waals surface area contributed by atoms with E-state index in [1.54, 1.807) is 57.2 Å². The van der Waals surface area contributed by atoms with Crippen molar-refractivity contribution < 1.29 is 27.5 Å². The highest BCUT2D eigenvalue weighted by Gasteiger charge is 2.36. The molecule has 242 valence electrons. The van der Waals surface area contributed by atoms with Crippen LogP contribution < -0.4 is 16.0 Å². The number of halogens is 4. The molecular formula is C34H35ClF3N5O3. The van der Waals surface area contributed by atoms with Gasteiger partial charge in [-0.1, -0.05) is 54.1 Å². The summed E-state index contributed by atoms with van der Waals surface area (Å²) in [5.74, 6) is -0.180. The predicted octanol–water partition coefficient (Wildman–Crippen LogP) is 7.91. The summed E-state index contributed by atoms with van der Waals surface area (Å²) in [6.07, 6.45) is -3.10. The average molecular weight is 654 g/mol. The molecule has 1 saturated carbocycles. The fourth-order valence-corrected chi connectivity index (χ4v) is 5.12. The summed E-state index contributed by atoms with van der Waals surface area (Å²) in [6.45, 7) is 6.05. The van der Waals surface area contributed by atoms with Gasteiger partial charge in [0.2, 0.25) is 0 Å². The van der Waals surface area contributed by atoms with Crippen LogP contribution in [0.3, 0.4) is 0 Å². The van der Waals surface area contributed by atoms with Gasteiger partial charge in [0.05, 0.1) is 11.7 Å². The highest BCUT2D eigenvalue weighted by molar-refractivity contribution is 6.31. The largest absolute Gasteiger partial charge is 0.444 e. The Hall–Kier alpha value is -4.35. The second-order valence-electron chi connectivity index (χ2n) is 12.2. The van der Waals surface area contributed by atoms with Crippen LogP contribution in [0.4, 0.5) is 23.7 Å². The van der Waals surface area contributed by atoms with Crippen LogP contribution in [0.2, 0.25) is 5.02 Å². The molecule has 0 spiro atoms. The van der Waals surface area contributed by atoms with E-state index in [0.717, 1.165) is 35.2 Å². The number of anilines is 1. The van der Waals surface area contributed by atoms with E-state index in [-0.39, 0.29) is 24.0 Å². The maximum absolute atomic E-state index is 13.8. The first-order valence-electron chi connectivity index (χ1n) is 14.9. The van der Waals surface area contributed by atoms with Crippen molar-refractivity contribution in [1.82, 2.24) is 20.4 Å². The van der Waals surface area contributed by atoms with Gasteiger partial charge in [0.15, 0.2) is 5.69 Å². The number of aromatic nitrogens is 2. The molecule has 3 aromatic carbocycles. The summed E-state index contributed by atoms with van der Waals surface area (Å²) in [5.41, 5.74) is 0.653. The van der Waals surface area contributed by atoms with Gasteiger partial charge in [0.1, 0.15) is 11.3 Å². The molecule has 0 bridgehead atoms. The van der Waals surface area contributed by atoms with E-state index in [1.165, 1.54) is 6.07 Å². The molecular weight excluding hydrogens is 619 g/mol. The number of nitrogens with one attached hydrogen (secondary N) is 3. The summed E-state index contributed by atoms with van der Waals surface area (Å²) in [5, 5.41) is 13.3. The summed E-state index contributed by atoms with van der Waals surface area (Å²) in [6, 6.07) is 21.5. The number of amides is 2. The van der Waals surface area contributed by atoms with Gasteiger partial charge in [0.25, 0.3) is 5.91 Å². The number of ether oxygens (including phenoxy) is 1. The molecule has 1 aliphatic rings. The van der Waals surface area contributed by atoms with Crippen molar-refractivity contribution in [3.63, 3.8) is 0 Å². The number of carbonyl (C=O) groups is 2. The quantitative estimate of drug-likeness (QED) is 0.162. The van der Waals surface area contributed by atoms with E-state index >= 15 is 0 Å². The average Bonchev–Trinajstić information content (AvgIpc) is 3.69. The fraction of sp³-hybridized carbons (Fsp3) is 0.324. The maximum atomic E-state index is 13.8. The number of alkyl carbamates (subject to hydrolysis) is 1. The van der Waals surface area contributed by atoms with Crippen LogP contribution in [-0.2, 0) is 17.5 Å². The van der Waals surface area contributed by atoms with Crippen molar-refractivity contribution in [2.24, 2.45) is 5.92 Å². The first kappa shape index (κ1) is 33.0. The Morgan fingerprint density at radius 2 is 1.74 bits per heavy atom. The number of alkyl halides is 3. The van der Waals surface area contributed by atoms with Crippen LogP contribution in [-0.4, -0.2) is 33.9 Å². The van der Waals surface area contributed by atoms with Crippen LogP contribution in [0.5, 0.6) is 0 Å². The number of benzene rings is 3. The van der Waals surface area contributed by atoms with Gasteiger partial charge in [-0.25, -0.2) is 9.48 Å². The molecule has 1 aliphatic carbocycles. The minimum absolute atomic E-state index is 0.0475. The molecule has 0 saturated heterocycles. The van der Waals surface area contributed by atoms with Crippen LogP contribution in [0.1, 0.15) is 72.5 Å². The molecule has 1 unspecified atom stereocenters. The minimum Gasteiger partial charge on any atom is -0.444 e. The first-order chi connectivity index (χ1) is 21.8.